The highest BCUT2D eigenvalue weighted by molar-refractivity contribution is 5.31. The number of hydrogen-bond acceptors (Lipinski definition) is 2. The van der Waals surface area contributed by atoms with Gasteiger partial charge in [0.15, 0.2) is 0 Å². The number of aryl methyl sites for hydroxylation is 2. The highest BCUT2D eigenvalue weighted by atomic mass is 16.5. The van der Waals surface area contributed by atoms with Crippen LogP contribution in [0.3, 0.4) is 0 Å². The largest absolute Gasteiger partial charge is 0.377 e. The molecular formula is C12H19NO. The van der Waals surface area contributed by atoms with E-state index < -0.39 is 0 Å². The summed E-state index contributed by atoms with van der Waals surface area (Å²) in [5.74, 6) is 0. The molecule has 0 aliphatic heterocycles. The van der Waals surface area contributed by atoms with Crippen LogP contribution in [0.1, 0.15) is 29.2 Å². The Morgan fingerprint density at radius 1 is 1.29 bits per heavy atom. The van der Waals surface area contributed by atoms with E-state index in [0.29, 0.717) is 6.54 Å². The van der Waals surface area contributed by atoms with E-state index in [1.807, 2.05) is 0 Å². The summed E-state index contributed by atoms with van der Waals surface area (Å²) in [4.78, 5) is 0. The number of ether oxygens (including phenoxy) is 1. The maximum absolute atomic E-state index is 5.53. The Balaban J connectivity index is 2.88. The zero-order valence-electron chi connectivity index (χ0n) is 9.21. The van der Waals surface area contributed by atoms with Crippen LogP contribution in [0.25, 0.3) is 0 Å². The molecule has 0 aliphatic carbocycles. The van der Waals surface area contributed by atoms with E-state index in [2.05, 4.69) is 32.0 Å². The Kier molecular flexibility index (Phi) is 4.11. The van der Waals surface area contributed by atoms with Crippen molar-refractivity contribution >= 4 is 0 Å². The summed E-state index contributed by atoms with van der Waals surface area (Å²) in [7, 11) is 1.73. The van der Waals surface area contributed by atoms with Crippen molar-refractivity contribution in [2.24, 2.45) is 5.73 Å². The van der Waals surface area contributed by atoms with E-state index in [4.69, 9.17) is 10.5 Å². The first-order valence-corrected chi connectivity index (χ1v) is 4.99. The average molecular weight is 193 g/mol. The van der Waals surface area contributed by atoms with Crippen molar-refractivity contribution < 1.29 is 4.74 Å². The quantitative estimate of drug-likeness (QED) is 0.796. The van der Waals surface area contributed by atoms with Gasteiger partial charge in [0.2, 0.25) is 0 Å². The molecule has 0 spiro atoms. The lowest BCUT2D eigenvalue weighted by Gasteiger charge is -2.15. The lowest BCUT2D eigenvalue weighted by atomic mass is 10.0. The summed E-state index contributed by atoms with van der Waals surface area (Å²) in [6.45, 7) is 4.89. The van der Waals surface area contributed by atoms with Crippen molar-refractivity contribution in [3.05, 3.63) is 34.9 Å². The third-order valence-electron chi connectivity index (χ3n) is 2.62. The van der Waals surface area contributed by atoms with Crippen LogP contribution in [0.5, 0.6) is 0 Å². The fourth-order valence-corrected chi connectivity index (χ4v) is 1.54. The molecule has 0 saturated carbocycles. The van der Waals surface area contributed by atoms with Crippen LogP contribution in [0.2, 0.25) is 0 Å². The molecule has 0 aliphatic rings. The zero-order valence-corrected chi connectivity index (χ0v) is 9.21. The Labute approximate surface area is 86.1 Å². The first-order chi connectivity index (χ1) is 6.69. The molecule has 0 saturated heterocycles. The first kappa shape index (κ1) is 11.2. The second kappa shape index (κ2) is 5.13. The Bertz CT molecular complexity index is 296. The summed E-state index contributed by atoms with van der Waals surface area (Å²) in [5, 5.41) is 0. The Morgan fingerprint density at radius 2 is 2.00 bits per heavy atom. The molecule has 2 heteroatoms. The van der Waals surface area contributed by atoms with E-state index in [-0.39, 0.29) is 6.10 Å². The van der Waals surface area contributed by atoms with E-state index in [9.17, 15) is 0 Å². The zero-order chi connectivity index (χ0) is 10.6. The normalized spacial score (nSPS) is 12.9. The summed E-state index contributed by atoms with van der Waals surface area (Å²) in [6, 6.07) is 6.43. The minimum atomic E-state index is 0.138. The molecule has 1 unspecified atom stereocenters. The van der Waals surface area contributed by atoms with Gasteiger partial charge in [0.05, 0.1) is 6.10 Å². The number of methoxy groups -OCH3 is 1. The molecule has 2 nitrogen and oxygen atoms in total. The topological polar surface area (TPSA) is 35.2 Å². The predicted octanol–water partition coefficient (Wildman–Crippen LogP) is 2.34. The molecule has 1 aromatic carbocycles. The van der Waals surface area contributed by atoms with Crippen LogP contribution in [0.15, 0.2) is 18.2 Å². The van der Waals surface area contributed by atoms with Crippen molar-refractivity contribution in [1.82, 2.24) is 0 Å². The van der Waals surface area contributed by atoms with Gasteiger partial charge in [-0.1, -0.05) is 18.2 Å². The van der Waals surface area contributed by atoms with E-state index >= 15 is 0 Å². The molecule has 14 heavy (non-hydrogen) atoms. The molecule has 2 N–H and O–H groups in total. The molecule has 0 fully saturated rings. The maximum atomic E-state index is 5.53. The Hall–Kier alpha value is -0.860. The van der Waals surface area contributed by atoms with E-state index in [1.165, 1.54) is 16.7 Å². The average Bonchev–Trinajstić information content (AvgIpc) is 2.19. The van der Waals surface area contributed by atoms with Gasteiger partial charge >= 0.3 is 0 Å². The molecule has 1 rings (SSSR count). The minimum absolute atomic E-state index is 0.138. The number of nitrogens with two attached hydrogens (primary N) is 1. The van der Waals surface area contributed by atoms with Crippen LogP contribution >= 0.6 is 0 Å². The van der Waals surface area contributed by atoms with Crippen molar-refractivity contribution in [1.29, 1.82) is 0 Å². The van der Waals surface area contributed by atoms with Crippen LogP contribution in [-0.2, 0) is 4.74 Å². The number of hydrogen-bond donors (Lipinski definition) is 1. The molecule has 0 bridgehead atoms. The van der Waals surface area contributed by atoms with Crippen molar-refractivity contribution in [2.45, 2.75) is 26.4 Å². The fourth-order valence-electron chi connectivity index (χ4n) is 1.54. The Morgan fingerprint density at radius 3 is 2.50 bits per heavy atom. The molecular weight excluding hydrogens is 174 g/mol. The van der Waals surface area contributed by atoms with Gasteiger partial charge in [0, 0.05) is 7.11 Å². The van der Waals surface area contributed by atoms with Crippen LogP contribution in [-0.4, -0.2) is 13.7 Å². The third kappa shape index (κ3) is 2.56. The van der Waals surface area contributed by atoms with Crippen LogP contribution in [0, 0.1) is 13.8 Å². The summed E-state index contributed by atoms with van der Waals surface area (Å²) in [6.07, 6.45) is 1.01. The third-order valence-corrected chi connectivity index (χ3v) is 2.62. The molecule has 0 radical (unpaired) electrons. The first-order valence-electron chi connectivity index (χ1n) is 4.99. The smallest absolute Gasteiger partial charge is 0.0833 e. The van der Waals surface area contributed by atoms with Gasteiger partial charge in [-0.2, -0.15) is 0 Å². The molecule has 78 valence electrons. The summed E-state index contributed by atoms with van der Waals surface area (Å²) >= 11 is 0. The predicted molar refractivity (Wildman–Crippen MR) is 59.3 cm³/mol. The van der Waals surface area contributed by atoms with Crippen molar-refractivity contribution in [2.75, 3.05) is 13.7 Å². The molecule has 1 atom stereocenters. The van der Waals surface area contributed by atoms with Crippen LogP contribution < -0.4 is 5.73 Å². The van der Waals surface area contributed by atoms with Crippen molar-refractivity contribution in [3.8, 4) is 0 Å². The van der Waals surface area contributed by atoms with Crippen molar-refractivity contribution in [3.63, 3.8) is 0 Å². The van der Waals surface area contributed by atoms with Gasteiger partial charge in [0.25, 0.3) is 0 Å². The molecule has 0 aromatic heterocycles. The highest BCUT2D eigenvalue weighted by Gasteiger charge is 2.09. The summed E-state index contributed by atoms with van der Waals surface area (Å²) < 4.78 is 5.39. The minimum Gasteiger partial charge on any atom is -0.377 e. The maximum Gasteiger partial charge on any atom is 0.0833 e. The van der Waals surface area contributed by atoms with E-state index in [0.717, 1.165) is 6.42 Å². The van der Waals surface area contributed by atoms with Crippen LogP contribution in [0.4, 0.5) is 0 Å². The summed E-state index contributed by atoms with van der Waals surface area (Å²) in [5.41, 5.74) is 9.38. The van der Waals surface area contributed by atoms with E-state index in [1.54, 1.807) is 7.11 Å². The van der Waals surface area contributed by atoms with Gasteiger partial charge in [-0.05, 0) is 43.5 Å². The SMILES string of the molecule is COC(CCN)c1ccc(C)c(C)c1. The second-order valence-corrected chi connectivity index (χ2v) is 3.65. The van der Waals surface area contributed by atoms with Gasteiger partial charge in [-0.25, -0.2) is 0 Å². The lowest BCUT2D eigenvalue weighted by molar-refractivity contribution is 0.0977. The van der Waals surface area contributed by atoms with Gasteiger partial charge in [-0.3, -0.25) is 0 Å². The monoisotopic (exact) mass is 193 g/mol. The van der Waals surface area contributed by atoms with Gasteiger partial charge < -0.3 is 10.5 Å². The fraction of sp³-hybridized carbons (Fsp3) is 0.500. The molecule has 0 heterocycles. The molecule has 1 aromatic rings. The highest BCUT2D eigenvalue weighted by Crippen LogP contribution is 2.22. The second-order valence-electron chi connectivity index (χ2n) is 3.65. The van der Waals surface area contributed by atoms with Gasteiger partial charge in [-0.15, -0.1) is 0 Å². The standard InChI is InChI=1S/C12H19NO/c1-9-4-5-11(8-10(9)2)12(14-3)6-7-13/h4-5,8,12H,6-7,13H2,1-3H3. The number of rotatable bonds is 4. The molecule has 0 amide bonds. The van der Waals surface area contributed by atoms with Gasteiger partial charge in [0.1, 0.15) is 0 Å². The number of benzene rings is 1. The lowest BCUT2D eigenvalue weighted by Crippen LogP contribution is -2.09.